The molecule has 0 saturated carbocycles. The van der Waals surface area contributed by atoms with E-state index in [1.54, 1.807) is 0 Å². The van der Waals surface area contributed by atoms with Gasteiger partial charge in [-0.15, -0.1) is 11.6 Å². The molecular formula is C10H12ClN3. The summed E-state index contributed by atoms with van der Waals surface area (Å²) in [5.74, 6) is 0.742. The number of aryl methyl sites for hydroxylation is 1. The van der Waals surface area contributed by atoms with Gasteiger partial charge in [0.15, 0.2) is 0 Å². The molecule has 3 nitrogen and oxygen atoms in total. The molecule has 0 radical (unpaired) electrons. The van der Waals surface area contributed by atoms with Gasteiger partial charge in [-0.3, -0.25) is 0 Å². The zero-order valence-corrected chi connectivity index (χ0v) is 8.59. The summed E-state index contributed by atoms with van der Waals surface area (Å²) in [6.45, 7) is 0. The summed E-state index contributed by atoms with van der Waals surface area (Å²) < 4.78 is 0. The van der Waals surface area contributed by atoms with Gasteiger partial charge in [0.25, 0.3) is 0 Å². The zero-order valence-electron chi connectivity index (χ0n) is 7.83. The Labute approximate surface area is 87.5 Å². The Kier molecular flexibility index (Phi) is 2.99. The van der Waals surface area contributed by atoms with E-state index in [2.05, 4.69) is 27.5 Å². The van der Waals surface area contributed by atoms with Crippen LogP contribution in [-0.4, -0.2) is 21.3 Å². The number of halogens is 1. The molecule has 0 fully saturated rings. The molecule has 0 aliphatic rings. The van der Waals surface area contributed by atoms with Crippen molar-refractivity contribution in [1.29, 1.82) is 0 Å². The lowest BCUT2D eigenvalue weighted by Crippen LogP contribution is -1.86. The highest BCUT2D eigenvalue weighted by molar-refractivity contribution is 6.17. The van der Waals surface area contributed by atoms with Crippen LogP contribution in [0.5, 0.6) is 0 Å². The minimum Gasteiger partial charge on any atom is -0.197 e. The number of hydrogen-bond donors (Lipinski definition) is 1. The Bertz CT molecular complexity index is 410. The highest BCUT2D eigenvalue weighted by Crippen LogP contribution is 2.12. The van der Waals surface area contributed by atoms with Gasteiger partial charge < -0.3 is 0 Å². The molecule has 1 N–H and O–H groups in total. The monoisotopic (exact) mass is 209 g/mol. The van der Waals surface area contributed by atoms with Crippen LogP contribution in [0, 0.1) is 0 Å². The first kappa shape index (κ1) is 9.46. The first-order valence-corrected chi connectivity index (χ1v) is 5.29. The molecule has 0 bridgehead atoms. The van der Waals surface area contributed by atoms with E-state index in [1.807, 2.05) is 6.07 Å². The predicted octanol–water partition coefficient (Wildman–Crippen LogP) is 2.52. The number of alkyl halides is 1. The van der Waals surface area contributed by atoms with Crippen molar-refractivity contribution in [1.82, 2.24) is 15.4 Å². The van der Waals surface area contributed by atoms with Gasteiger partial charge in [-0.05, 0) is 37.0 Å². The summed E-state index contributed by atoms with van der Waals surface area (Å²) >= 11 is 5.62. The van der Waals surface area contributed by atoms with Gasteiger partial charge in [0.1, 0.15) is 11.0 Å². The summed E-state index contributed by atoms with van der Waals surface area (Å²) in [5, 5.41) is 10.7. The SMILES string of the molecule is ClCCCCc1ccc2n[nH]nc2c1. The van der Waals surface area contributed by atoms with Crippen LogP contribution in [0.25, 0.3) is 11.0 Å². The van der Waals surface area contributed by atoms with E-state index in [9.17, 15) is 0 Å². The number of benzene rings is 1. The molecule has 2 rings (SSSR count). The molecule has 74 valence electrons. The average Bonchev–Trinajstić information content (AvgIpc) is 2.65. The second-order valence-corrected chi connectivity index (χ2v) is 3.67. The van der Waals surface area contributed by atoms with Crippen LogP contribution < -0.4 is 0 Å². The topological polar surface area (TPSA) is 41.6 Å². The van der Waals surface area contributed by atoms with Crippen LogP contribution in [0.4, 0.5) is 0 Å². The largest absolute Gasteiger partial charge is 0.197 e. The van der Waals surface area contributed by atoms with Gasteiger partial charge in [-0.2, -0.15) is 15.4 Å². The van der Waals surface area contributed by atoms with Crippen molar-refractivity contribution in [3.63, 3.8) is 0 Å². The quantitative estimate of drug-likeness (QED) is 0.621. The summed E-state index contributed by atoms with van der Waals surface area (Å²) in [7, 11) is 0. The molecule has 0 unspecified atom stereocenters. The highest BCUT2D eigenvalue weighted by Gasteiger charge is 1.99. The van der Waals surface area contributed by atoms with Crippen LogP contribution in [-0.2, 0) is 6.42 Å². The number of aromatic nitrogens is 3. The molecule has 0 amide bonds. The van der Waals surface area contributed by atoms with Gasteiger partial charge in [0, 0.05) is 5.88 Å². The molecule has 0 saturated heterocycles. The van der Waals surface area contributed by atoms with Crippen molar-refractivity contribution in [2.24, 2.45) is 0 Å². The number of H-pyrrole nitrogens is 1. The number of nitrogens with zero attached hydrogens (tertiary/aromatic N) is 2. The molecule has 14 heavy (non-hydrogen) atoms. The van der Waals surface area contributed by atoms with E-state index in [-0.39, 0.29) is 0 Å². The van der Waals surface area contributed by atoms with Crippen LogP contribution in [0.15, 0.2) is 18.2 Å². The van der Waals surface area contributed by atoms with E-state index in [4.69, 9.17) is 11.6 Å². The van der Waals surface area contributed by atoms with Crippen molar-refractivity contribution in [2.45, 2.75) is 19.3 Å². The maximum atomic E-state index is 5.62. The third-order valence-electron chi connectivity index (χ3n) is 2.23. The van der Waals surface area contributed by atoms with E-state index >= 15 is 0 Å². The Morgan fingerprint density at radius 3 is 2.86 bits per heavy atom. The molecule has 0 aliphatic carbocycles. The number of fused-ring (bicyclic) bond motifs is 1. The second-order valence-electron chi connectivity index (χ2n) is 3.29. The number of hydrogen-bond acceptors (Lipinski definition) is 2. The maximum absolute atomic E-state index is 5.62. The zero-order chi connectivity index (χ0) is 9.80. The van der Waals surface area contributed by atoms with Crippen LogP contribution in [0.3, 0.4) is 0 Å². The number of unbranched alkanes of at least 4 members (excludes halogenated alkanes) is 1. The van der Waals surface area contributed by atoms with Crippen molar-refractivity contribution in [2.75, 3.05) is 5.88 Å². The van der Waals surface area contributed by atoms with E-state index in [1.165, 1.54) is 5.56 Å². The Morgan fingerprint density at radius 1 is 1.14 bits per heavy atom. The lowest BCUT2D eigenvalue weighted by molar-refractivity contribution is 0.800. The highest BCUT2D eigenvalue weighted by atomic mass is 35.5. The predicted molar refractivity (Wildman–Crippen MR) is 57.5 cm³/mol. The summed E-state index contributed by atoms with van der Waals surface area (Å²) in [6, 6.07) is 6.17. The van der Waals surface area contributed by atoms with Gasteiger partial charge in [-0.25, -0.2) is 0 Å². The molecular weight excluding hydrogens is 198 g/mol. The van der Waals surface area contributed by atoms with Gasteiger partial charge >= 0.3 is 0 Å². The van der Waals surface area contributed by atoms with Crippen LogP contribution >= 0.6 is 11.6 Å². The number of aromatic amines is 1. The van der Waals surface area contributed by atoms with Crippen molar-refractivity contribution in [3.05, 3.63) is 23.8 Å². The molecule has 1 aromatic carbocycles. The summed E-state index contributed by atoms with van der Waals surface area (Å²) in [4.78, 5) is 0. The van der Waals surface area contributed by atoms with Crippen LogP contribution in [0.2, 0.25) is 0 Å². The lowest BCUT2D eigenvalue weighted by Gasteiger charge is -1.98. The third kappa shape index (κ3) is 2.04. The first-order valence-electron chi connectivity index (χ1n) is 4.75. The fourth-order valence-corrected chi connectivity index (χ4v) is 1.65. The maximum Gasteiger partial charge on any atom is 0.113 e. The smallest absolute Gasteiger partial charge is 0.113 e. The Balaban J connectivity index is 2.10. The molecule has 0 atom stereocenters. The fourth-order valence-electron chi connectivity index (χ4n) is 1.46. The number of nitrogens with one attached hydrogen (secondary N) is 1. The van der Waals surface area contributed by atoms with E-state index in [0.29, 0.717) is 0 Å². The minimum absolute atomic E-state index is 0.742. The van der Waals surface area contributed by atoms with E-state index < -0.39 is 0 Å². The van der Waals surface area contributed by atoms with Crippen molar-refractivity contribution in [3.8, 4) is 0 Å². The van der Waals surface area contributed by atoms with Gasteiger partial charge in [-0.1, -0.05) is 6.07 Å². The molecule has 4 heteroatoms. The van der Waals surface area contributed by atoms with Gasteiger partial charge in [0.2, 0.25) is 0 Å². The fraction of sp³-hybridized carbons (Fsp3) is 0.400. The molecule has 0 aliphatic heterocycles. The molecule has 2 aromatic rings. The van der Waals surface area contributed by atoms with Gasteiger partial charge in [0.05, 0.1) is 0 Å². The first-order chi connectivity index (χ1) is 6.90. The van der Waals surface area contributed by atoms with Crippen molar-refractivity contribution < 1.29 is 0 Å². The second kappa shape index (κ2) is 4.42. The normalized spacial score (nSPS) is 10.9. The molecule has 1 aromatic heterocycles. The average molecular weight is 210 g/mol. The van der Waals surface area contributed by atoms with Crippen LogP contribution in [0.1, 0.15) is 18.4 Å². The standard InChI is InChI=1S/C10H12ClN3/c11-6-2-1-3-8-4-5-9-10(7-8)13-14-12-9/h4-5,7H,1-3,6H2,(H,12,13,14). The lowest BCUT2D eigenvalue weighted by atomic mass is 10.1. The summed E-state index contributed by atoms with van der Waals surface area (Å²) in [5.41, 5.74) is 3.16. The minimum atomic E-state index is 0.742. The Morgan fingerprint density at radius 2 is 2.00 bits per heavy atom. The Hall–Kier alpha value is -1.09. The van der Waals surface area contributed by atoms with E-state index in [0.717, 1.165) is 36.2 Å². The molecule has 0 spiro atoms. The third-order valence-corrected chi connectivity index (χ3v) is 2.50. The summed E-state index contributed by atoms with van der Waals surface area (Å²) in [6.07, 6.45) is 3.26. The van der Waals surface area contributed by atoms with Crippen molar-refractivity contribution >= 4 is 22.6 Å². The molecule has 1 heterocycles. The number of rotatable bonds is 4.